The van der Waals surface area contributed by atoms with Gasteiger partial charge in [0.2, 0.25) is 5.91 Å². The predicted molar refractivity (Wildman–Crippen MR) is 69.1 cm³/mol. The number of nitrogens with two attached hydrogens (primary N) is 1. The third-order valence-electron chi connectivity index (χ3n) is 2.81. The number of hydrogen-bond donors (Lipinski definition) is 2. The van der Waals surface area contributed by atoms with Gasteiger partial charge in [-0.25, -0.2) is 0 Å². The number of hydrogen-bond acceptors (Lipinski definition) is 2. The van der Waals surface area contributed by atoms with Gasteiger partial charge >= 0.3 is 0 Å². The van der Waals surface area contributed by atoms with Gasteiger partial charge in [-0.05, 0) is 38.1 Å². The molecule has 0 bridgehead atoms. The van der Waals surface area contributed by atoms with E-state index in [1.165, 1.54) is 0 Å². The summed E-state index contributed by atoms with van der Waals surface area (Å²) in [6.45, 7) is 11.3. The molecule has 1 unspecified atom stereocenters. The highest BCUT2D eigenvalue weighted by Crippen LogP contribution is 2.20. The molecule has 0 rings (SSSR count). The van der Waals surface area contributed by atoms with Crippen LogP contribution in [0.5, 0.6) is 0 Å². The third kappa shape index (κ3) is 7.46. The van der Waals surface area contributed by atoms with Crippen molar-refractivity contribution in [2.75, 3.05) is 13.1 Å². The number of rotatable bonds is 8. The molecule has 0 spiro atoms. The summed E-state index contributed by atoms with van der Waals surface area (Å²) < 4.78 is 0. The fourth-order valence-corrected chi connectivity index (χ4v) is 1.68. The molecule has 0 saturated carbocycles. The van der Waals surface area contributed by atoms with Crippen molar-refractivity contribution in [3.8, 4) is 0 Å². The Hall–Kier alpha value is -0.830. The molecule has 0 radical (unpaired) electrons. The summed E-state index contributed by atoms with van der Waals surface area (Å²) in [5.74, 6) is 1.27. The van der Waals surface area contributed by atoms with Crippen LogP contribution >= 0.6 is 0 Å². The molecular weight excluding hydrogens is 200 g/mol. The van der Waals surface area contributed by atoms with Crippen molar-refractivity contribution >= 4 is 5.91 Å². The highest BCUT2D eigenvalue weighted by Gasteiger charge is 2.14. The summed E-state index contributed by atoms with van der Waals surface area (Å²) in [4.78, 5) is 11.5. The summed E-state index contributed by atoms with van der Waals surface area (Å²) in [6.07, 6.45) is 2.53. The van der Waals surface area contributed by atoms with Crippen LogP contribution in [0.15, 0.2) is 12.2 Å². The van der Waals surface area contributed by atoms with Gasteiger partial charge in [-0.3, -0.25) is 4.79 Å². The summed E-state index contributed by atoms with van der Waals surface area (Å²) in [5, 5.41) is 2.85. The van der Waals surface area contributed by atoms with Crippen molar-refractivity contribution < 1.29 is 4.79 Å². The van der Waals surface area contributed by atoms with Gasteiger partial charge in [-0.1, -0.05) is 26.0 Å². The Morgan fingerprint density at radius 3 is 2.44 bits per heavy atom. The molecule has 3 nitrogen and oxygen atoms in total. The van der Waals surface area contributed by atoms with Crippen molar-refractivity contribution in [1.82, 2.24) is 5.32 Å². The molecule has 0 aromatic carbocycles. The second-order valence-corrected chi connectivity index (χ2v) is 4.85. The minimum Gasteiger partial charge on any atom is -0.352 e. The van der Waals surface area contributed by atoms with E-state index in [1.54, 1.807) is 0 Å². The first-order chi connectivity index (χ1) is 7.47. The molecule has 0 aliphatic rings. The Kier molecular flexibility index (Phi) is 7.90. The van der Waals surface area contributed by atoms with Crippen LogP contribution in [0.2, 0.25) is 0 Å². The Morgan fingerprint density at radius 2 is 2.00 bits per heavy atom. The van der Waals surface area contributed by atoms with Gasteiger partial charge in [0.15, 0.2) is 0 Å². The maximum absolute atomic E-state index is 11.5. The van der Waals surface area contributed by atoms with E-state index in [0.717, 1.165) is 18.4 Å². The molecule has 1 atom stereocenters. The monoisotopic (exact) mass is 226 g/mol. The van der Waals surface area contributed by atoms with Crippen LogP contribution in [-0.2, 0) is 4.79 Å². The summed E-state index contributed by atoms with van der Waals surface area (Å²) in [7, 11) is 0. The summed E-state index contributed by atoms with van der Waals surface area (Å²) in [6, 6.07) is 0. The standard InChI is InChI=1S/C13H26N2O/c1-10(2)9-15-13(16)6-5-12(7-8-14)11(3)4/h11-12H,1,5-9,14H2,2-4H3,(H,15,16). The Morgan fingerprint density at radius 1 is 1.38 bits per heavy atom. The van der Waals surface area contributed by atoms with Crippen molar-refractivity contribution in [2.24, 2.45) is 17.6 Å². The molecule has 94 valence electrons. The van der Waals surface area contributed by atoms with Crippen LogP contribution < -0.4 is 11.1 Å². The van der Waals surface area contributed by atoms with Gasteiger partial charge in [-0.15, -0.1) is 0 Å². The van der Waals surface area contributed by atoms with Crippen LogP contribution in [0, 0.1) is 11.8 Å². The average molecular weight is 226 g/mol. The summed E-state index contributed by atoms with van der Waals surface area (Å²) in [5.41, 5.74) is 6.54. The van der Waals surface area contributed by atoms with Gasteiger partial charge < -0.3 is 11.1 Å². The van der Waals surface area contributed by atoms with Gasteiger partial charge in [0.05, 0.1) is 0 Å². The highest BCUT2D eigenvalue weighted by atomic mass is 16.1. The molecule has 16 heavy (non-hydrogen) atoms. The third-order valence-corrected chi connectivity index (χ3v) is 2.81. The van der Waals surface area contributed by atoms with Gasteiger partial charge in [0.1, 0.15) is 0 Å². The Bertz CT molecular complexity index is 224. The van der Waals surface area contributed by atoms with E-state index >= 15 is 0 Å². The molecule has 3 N–H and O–H groups in total. The normalized spacial score (nSPS) is 12.6. The van der Waals surface area contributed by atoms with Crippen LogP contribution in [0.3, 0.4) is 0 Å². The lowest BCUT2D eigenvalue weighted by Gasteiger charge is -2.19. The zero-order valence-electron chi connectivity index (χ0n) is 10.9. The smallest absolute Gasteiger partial charge is 0.220 e. The molecule has 1 amide bonds. The lowest BCUT2D eigenvalue weighted by Crippen LogP contribution is -2.26. The maximum Gasteiger partial charge on any atom is 0.220 e. The quantitative estimate of drug-likeness (QED) is 0.623. The minimum atomic E-state index is 0.116. The SMILES string of the molecule is C=C(C)CNC(=O)CCC(CCN)C(C)C. The van der Waals surface area contributed by atoms with Crippen molar-refractivity contribution in [3.05, 3.63) is 12.2 Å². The summed E-state index contributed by atoms with van der Waals surface area (Å²) >= 11 is 0. The van der Waals surface area contributed by atoms with Gasteiger partial charge in [0, 0.05) is 13.0 Å². The number of nitrogens with one attached hydrogen (secondary N) is 1. The Balaban J connectivity index is 3.82. The molecule has 0 aliphatic carbocycles. The number of carbonyl (C=O) groups is 1. The number of carbonyl (C=O) groups excluding carboxylic acids is 1. The molecule has 0 saturated heterocycles. The van der Waals surface area contributed by atoms with Gasteiger partial charge in [0.25, 0.3) is 0 Å². The molecule has 0 fully saturated rings. The zero-order chi connectivity index (χ0) is 12.6. The predicted octanol–water partition coefficient (Wildman–Crippen LogP) is 2.08. The topological polar surface area (TPSA) is 55.1 Å². The molecule has 0 aliphatic heterocycles. The second kappa shape index (κ2) is 8.34. The maximum atomic E-state index is 11.5. The molecular formula is C13H26N2O. The fourth-order valence-electron chi connectivity index (χ4n) is 1.68. The van der Waals surface area contributed by atoms with E-state index in [1.807, 2.05) is 6.92 Å². The van der Waals surface area contributed by atoms with Crippen LogP contribution in [0.4, 0.5) is 0 Å². The van der Waals surface area contributed by atoms with E-state index in [-0.39, 0.29) is 5.91 Å². The van der Waals surface area contributed by atoms with E-state index in [4.69, 9.17) is 5.73 Å². The molecule has 0 aromatic rings. The van der Waals surface area contributed by atoms with E-state index in [2.05, 4.69) is 25.7 Å². The molecule has 0 heterocycles. The highest BCUT2D eigenvalue weighted by molar-refractivity contribution is 5.76. The first-order valence-electron chi connectivity index (χ1n) is 6.08. The lowest BCUT2D eigenvalue weighted by molar-refractivity contribution is -0.121. The van der Waals surface area contributed by atoms with Crippen LogP contribution in [0.25, 0.3) is 0 Å². The number of amides is 1. The molecule has 3 heteroatoms. The first-order valence-corrected chi connectivity index (χ1v) is 6.08. The largest absolute Gasteiger partial charge is 0.352 e. The first kappa shape index (κ1) is 15.2. The van der Waals surface area contributed by atoms with Crippen LogP contribution in [0.1, 0.15) is 40.0 Å². The van der Waals surface area contributed by atoms with Gasteiger partial charge in [-0.2, -0.15) is 0 Å². The fraction of sp³-hybridized carbons (Fsp3) is 0.769. The molecule has 0 aromatic heterocycles. The van der Waals surface area contributed by atoms with Crippen molar-refractivity contribution in [2.45, 2.75) is 40.0 Å². The average Bonchev–Trinajstić information content (AvgIpc) is 2.20. The zero-order valence-corrected chi connectivity index (χ0v) is 10.9. The van der Waals surface area contributed by atoms with E-state index in [0.29, 0.717) is 31.3 Å². The van der Waals surface area contributed by atoms with E-state index < -0.39 is 0 Å². The Labute approximate surface area is 99.5 Å². The van der Waals surface area contributed by atoms with E-state index in [9.17, 15) is 4.79 Å². The second-order valence-electron chi connectivity index (χ2n) is 4.85. The minimum absolute atomic E-state index is 0.116. The van der Waals surface area contributed by atoms with Crippen LogP contribution in [-0.4, -0.2) is 19.0 Å². The lowest BCUT2D eigenvalue weighted by atomic mass is 9.88. The van der Waals surface area contributed by atoms with Crippen molar-refractivity contribution in [3.63, 3.8) is 0 Å². The van der Waals surface area contributed by atoms with Crippen molar-refractivity contribution in [1.29, 1.82) is 0 Å².